The highest BCUT2D eigenvalue weighted by molar-refractivity contribution is 7.89. The molecule has 2 N–H and O–H groups in total. The molecule has 0 spiro atoms. The van der Waals surface area contributed by atoms with Gasteiger partial charge in [-0.25, -0.2) is 13.1 Å². The van der Waals surface area contributed by atoms with Crippen molar-refractivity contribution in [3.63, 3.8) is 0 Å². The Morgan fingerprint density at radius 2 is 1.85 bits per heavy atom. The number of hydrogen-bond donors (Lipinski definition) is 2. The van der Waals surface area contributed by atoms with Crippen molar-refractivity contribution in [3.8, 4) is 5.75 Å². The minimum atomic E-state index is -3.89. The lowest BCUT2D eigenvalue weighted by Crippen LogP contribution is -2.26. The zero-order valence-electron chi connectivity index (χ0n) is 14.6. The molecule has 0 aromatic heterocycles. The Balaban J connectivity index is 2.12. The Morgan fingerprint density at radius 3 is 2.48 bits per heavy atom. The quantitative estimate of drug-likeness (QED) is 0.503. The van der Waals surface area contributed by atoms with Crippen LogP contribution in [0, 0.1) is 0 Å². The van der Waals surface area contributed by atoms with E-state index in [0.29, 0.717) is 5.75 Å². The number of carbonyl (C=O) groups is 2. The van der Waals surface area contributed by atoms with Crippen LogP contribution in [0.15, 0.2) is 59.5 Å². The zero-order chi connectivity index (χ0) is 19.9. The highest BCUT2D eigenvalue weighted by Gasteiger charge is 2.15. The van der Waals surface area contributed by atoms with E-state index in [4.69, 9.17) is 9.84 Å². The van der Waals surface area contributed by atoms with Crippen molar-refractivity contribution in [3.05, 3.63) is 65.7 Å². The summed E-state index contributed by atoms with van der Waals surface area (Å²) in [6.07, 6.45) is 2.64. The molecule has 0 aliphatic heterocycles. The maximum Gasteiger partial charge on any atom is 0.304 e. The fourth-order valence-corrected chi connectivity index (χ4v) is 3.25. The van der Waals surface area contributed by atoms with Crippen LogP contribution in [0.5, 0.6) is 5.75 Å². The fraction of sp³-hybridized carbons (Fsp3) is 0.158. The zero-order valence-corrected chi connectivity index (χ0v) is 15.4. The highest BCUT2D eigenvalue weighted by Crippen LogP contribution is 2.15. The van der Waals surface area contributed by atoms with Crippen molar-refractivity contribution >= 4 is 27.9 Å². The first-order valence-electron chi connectivity index (χ1n) is 8.00. The molecule has 0 aliphatic carbocycles. The second kappa shape index (κ2) is 9.11. The molecule has 0 saturated carbocycles. The van der Waals surface area contributed by atoms with Crippen LogP contribution in [-0.4, -0.2) is 38.9 Å². The number of carboxylic acid groups (broad SMARTS) is 1. The first-order valence-corrected chi connectivity index (χ1v) is 9.48. The van der Waals surface area contributed by atoms with Crippen LogP contribution >= 0.6 is 0 Å². The molecule has 0 unspecified atom stereocenters. The number of aliphatic carboxylic acids is 1. The monoisotopic (exact) mass is 389 g/mol. The molecule has 0 radical (unpaired) electrons. The van der Waals surface area contributed by atoms with Gasteiger partial charge in [0.15, 0.2) is 5.78 Å². The van der Waals surface area contributed by atoms with Crippen LogP contribution in [0.3, 0.4) is 0 Å². The number of carboxylic acids is 1. The maximum absolute atomic E-state index is 12.3. The summed E-state index contributed by atoms with van der Waals surface area (Å²) in [4.78, 5) is 22.7. The minimum absolute atomic E-state index is 0.100. The molecular formula is C19H19NO6S. The highest BCUT2D eigenvalue weighted by atomic mass is 32.2. The van der Waals surface area contributed by atoms with Gasteiger partial charge in [-0.2, -0.15) is 0 Å². The van der Waals surface area contributed by atoms with Crippen molar-refractivity contribution in [1.82, 2.24) is 4.72 Å². The Morgan fingerprint density at radius 1 is 1.15 bits per heavy atom. The van der Waals surface area contributed by atoms with Crippen molar-refractivity contribution in [2.75, 3.05) is 13.7 Å². The summed E-state index contributed by atoms with van der Waals surface area (Å²) in [5.41, 5.74) is 1.00. The standard InChI is InChI=1S/C19H19NO6S/c1-26-16-8-5-14(6-9-16)7-10-18(21)15-3-2-4-17(13-15)27(24,25)20-12-11-19(22)23/h2-10,13,20H,11-12H2,1H3,(H,22,23)/b10-7+. The molecule has 0 amide bonds. The first kappa shape index (κ1) is 20.3. The van der Waals surface area contributed by atoms with E-state index >= 15 is 0 Å². The van der Waals surface area contributed by atoms with Crippen LogP contribution < -0.4 is 9.46 Å². The molecule has 8 heteroatoms. The van der Waals surface area contributed by atoms with Gasteiger partial charge in [-0.05, 0) is 35.9 Å². The molecule has 0 aliphatic rings. The van der Waals surface area contributed by atoms with E-state index in [1.165, 1.54) is 30.3 Å². The molecule has 2 rings (SSSR count). The van der Waals surface area contributed by atoms with E-state index < -0.39 is 16.0 Å². The summed E-state index contributed by atoms with van der Waals surface area (Å²) in [5, 5.41) is 8.59. The molecule has 0 atom stereocenters. The number of rotatable bonds is 9. The molecule has 2 aromatic rings. The lowest BCUT2D eigenvalue weighted by Gasteiger charge is -2.06. The fourth-order valence-electron chi connectivity index (χ4n) is 2.18. The first-order chi connectivity index (χ1) is 12.8. The summed E-state index contributed by atoms with van der Waals surface area (Å²) in [6.45, 7) is -0.229. The Bertz CT molecular complexity index is 948. The largest absolute Gasteiger partial charge is 0.497 e. The number of sulfonamides is 1. The van der Waals surface area contributed by atoms with Gasteiger partial charge < -0.3 is 9.84 Å². The number of ketones is 1. The molecule has 0 bridgehead atoms. The van der Waals surface area contributed by atoms with Crippen LogP contribution in [-0.2, 0) is 14.8 Å². The van der Waals surface area contributed by atoms with E-state index in [2.05, 4.69) is 4.72 Å². The van der Waals surface area contributed by atoms with Crippen LogP contribution in [0.25, 0.3) is 6.08 Å². The maximum atomic E-state index is 12.3. The summed E-state index contributed by atoms with van der Waals surface area (Å²) in [6, 6.07) is 12.7. The van der Waals surface area contributed by atoms with Crippen LogP contribution in [0.1, 0.15) is 22.3 Å². The lowest BCUT2D eigenvalue weighted by molar-refractivity contribution is -0.136. The van der Waals surface area contributed by atoms with E-state index in [9.17, 15) is 18.0 Å². The van der Waals surface area contributed by atoms with Gasteiger partial charge >= 0.3 is 5.97 Å². The lowest BCUT2D eigenvalue weighted by atomic mass is 10.1. The summed E-state index contributed by atoms with van der Waals surface area (Å²) in [7, 11) is -2.33. The molecule has 2 aromatic carbocycles. The van der Waals surface area contributed by atoms with E-state index in [0.717, 1.165) is 5.56 Å². The SMILES string of the molecule is COc1ccc(/C=C/C(=O)c2cccc(S(=O)(=O)NCCC(=O)O)c2)cc1. The molecule has 27 heavy (non-hydrogen) atoms. The number of nitrogens with one attached hydrogen (secondary N) is 1. The summed E-state index contributed by atoms with van der Waals surface area (Å²) in [5.74, 6) is -0.759. The molecule has 0 saturated heterocycles. The number of ether oxygens (including phenoxy) is 1. The molecular weight excluding hydrogens is 370 g/mol. The van der Waals surface area contributed by atoms with Gasteiger partial charge in [0.05, 0.1) is 18.4 Å². The smallest absolute Gasteiger partial charge is 0.304 e. The topological polar surface area (TPSA) is 110 Å². The van der Waals surface area contributed by atoms with Crippen molar-refractivity contribution < 1.29 is 27.9 Å². The number of hydrogen-bond acceptors (Lipinski definition) is 5. The average Bonchev–Trinajstić information content (AvgIpc) is 2.66. The minimum Gasteiger partial charge on any atom is -0.497 e. The van der Waals surface area contributed by atoms with Crippen molar-refractivity contribution in [2.24, 2.45) is 0 Å². The van der Waals surface area contributed by atoms with Crippen LogP contribution in [0.4, 0.5) is 0 Å². The Labute approximate surface area is 157 Å². The van der Waals surface area contributed by atoms with Gasteiger partial charge in [0.2, 0.25) is 10.0 Å². The second-order valence-corrected chi connectivity index (χ2v) is 7.31. The summed E-state index contributed by atoms with van der Waals surface area (Å²) >= 11 is 0. The van der Waals surface area contributed by atoms with E-state index in [1.807, 2.05) is 0 Å². The predicted octanol–water partition coefficient (Wildman–Crippen LogP) is 2.34. The number of carbonyl (C=O) groups excluding carboxylic acids is 1. The van der Waals surface area contributed by atoms with Gasteiger partial charge in [-0.3, -0.25) is 9.59 Å². The van der Waals surface area contributed by atoms with Crippen molar-refractivity contribution in [2.45, 2.75) is 11.3 Å². The Kier molecular flexibility index (Phi) is 6.86. The van der Waals surface area contributed by atoms with Gasteiger partial charge in [0, 0.05) is 12.1 Å². The second-order valence-electron chi connectivity index (χ2n) is 5.54. The van der Waals surface area contributed by atoms with Crippen molar-refractivity contribution in [1.29, 1.82) is 0 Å². The van der Waals surface area contributed by atoms with Gasteiger partial charge in [0.25, 0.3) is 0 Å². The van der Waals surface area contributed by atoms with Gasteiger partial charge in [-0.15, -0.1) is 0 Å². The average molecular weight is 389 g/mol. The van der Waals surface area contributed by atoms with Crippen LogP contribution in [0.2, 0.25) is 0 Å². The van der Waals surface area contributed by atoms with E-state index in [-0.39, 0.29) is 29.2 Å². The third-order valence-corrected chi connectivity index (χ3v) is 5.06. The third-order valence-electron chi connectivity index (χ3n) is 3.60. The summed E-state index contributed by atoms with van der Waals surface area (Å²) < 4.78 is 31.6. The molecule has 0 fully saturated rings. The van der Waals surface area contributed by atoms with Gasteiger partial charge in [0.1, 0.15) is 5.75 Å². The molecule has 142 valence electrons. The Hall–Kier alpha value is -2.97. The number of benzene rings is 2. The predicted molar refractivity (Wildman–Crippen MR) is 100 cm³/mol. The normalized spacial score (nSPS) is 11.4. The van der Waals surface area contributed by atoms with E-state index in [1.54, 1.807) is 37.5 Å². The number of allylic oxidation sites excluding steroid dienone is 1. The molecule has 7 nitrogen and oxygen atoms in total. The molecule has 0 heterocycles. The number of methoxy groups -OCH3 is 1. The van der Waals surface area contributed by atoms with Gasteiger partial charge in [-0.1, -0.05) is 30.3 Å². The third kappa shape index (κ3) is 6.05.